The Morgan fingerprint density at radius 1 is 1.00 bits per heavy atom. The van der Waals surface area contributed by atoms with Crippen LogP contribution in [0.1, 0.15) is 6.42 Å². The lowest BCUT2D eigenvalue weighted by atomic mass is 10.4. The summed E-state index contributed by atoms with van der Waals surface area (Å²) in [5.41, 5.74) is 0. The van der Waals surface area contributed by atoms with Gasteiger partial charge in [-0.15, -0.1) is 0 Å². The van der Waals surface area contributed by atoms with Crippen LogP contribution < -0.4 is 0 Å². The van der Waals surface area contributed by atoms with Gasteiger partial charge in [0.2, 0.25) is 0 Å². The molecule has 0 aliphatic heterocycles. The second kappa shape index (κ2) is 3.46. The molecule has 0 atom stereocenters. The molecule has 0 aromatic carbocycles. The Balaban J connectivity index is 4.04. The van der Waals surface area contributed by atoms with Crippen molar-refractivity contribution in [1.29, 1.82) is 0 Å². The molecule has 0 aromatic rings. The van der Waals surface area contributed by atoms with Gasteiger partial charge in [0.15, 0.2) is 0 Å². The van der Waals surface area contributed by atoms with Gasteiger partial charge in [-0.3, -0.25) is 4.74 Å². The van der Waals surface area contributed by atoms with Crippen molar-refractivity contribution >= 4 is 0 Å². The van der Waals surface area contributed by atoms with Crippen molar-refractivity contribution in [2.75, 3.05) is 0 Å². The van der Waals surface area contributed by atoms with Gasteiger partial charge < -0.3 is 0 Å². The molecule has 0 bridgehead atoms. The average Bonchev–Trinajstić information content (AvgIpc) is 1.48. The summed E-state index contributed by atoms with van der Waals surface area (Å²) in [6, 6.07) is 0. The predicted molar refractivity (Wildman–Crippen MR) is 22.7 cm³/mol. The van der Waals surface area contributed by atoms with E-state index in [9.17, 15) is 30.7 Å². The molecule has 8 heteroatoms. The molecule has 0 aliphatic rings. The molecular weight excluding hydrogens is 197 g/mol. The van der Waals surface area contributed by atoms with Crippen LogP contribution in [0, 0.1) is 0 Å². The van der Waals surface area contributed by atoms with Gasteiger partial charge in [0.25, 0.3) is 0 Å². The zero-order valence-electron chi connectivity index (χ0n) is 5.34. The quantitative estimate of drug-likeness (QED) is 0.636. The zero-order valence-corrected chi connectivity index (χ0v) is 5.34. The normalized spacial score (nSPS) is 14.0. The maximum absolute atomic E-state index is 11.7. The van der Waals surface area contributed by atoms with Crippen LogP contribution >= 0.6 is 0 Å². The maximum Gasteiger partial charge on any atom is 0.397 e. The molecular formula is C4H3F7O. The predicted octanol–water partition coefficient (Wildman–Crippen LogP) is 2.77. The highest BCUT2D eigenvalue weighted by atomic mass is 19.4. The largest absolute Gasteiger partial charge is 0.397 e. The molecule has 74 valence electrons. The summed E-state index contributed by atoms with van der Waals surface area (Å²) in [6.45, 7) is -3.93. The number of halogens is 7. The Morgan fingerprint density at radius 2 is 1.42 bits per heavy atom. The van der Waals surface area contributed by atoms with Gasteiger partial charge in [-0.1, -0.05) is 0 Å². The topological polar surface area (TPSA) is 9.23 Å². The third-order valence-electron chi connectivity index (χ3n) is 0.668. The number of ether oxygens (including phenoxy) is 1. The zero-order chi connectivity index (χ0) is 9.99. The fraction of sp³-hybridized carbons (Fsp3) is 1.00. The second-order valence-electron chi connectivity index (χ2n) is 1.81. The van der Waals surface area contributed by atoms with Gasteiger partial charge in [-0.05, 0) is 0 Å². The molecule has 0 rings (SSSR count). The van der Waals surface area contributed by atoms with Crippen molar-refractivity contribution < 1.29 is 35.5 Å². The van der Waals surface area contributed by atoms with E-state index in [0.29, 0.717) is 0 Å². The maximum atomic E-state index is 11.7. The van der Waals surface area contributed by atoms with Crippen LogP contribution in [0.15, 0.2) is 0 Å². The first-order valence-corrected chi connectivity index (χ1v) is 2.53. The van der Waals surface area contributed by atoms with Crippen molar-refractivity contribution in [3.05, 3.63) is 0 Å². The number of rotatable bonds is 3. The van der Waals surface area contributed by atoms with Crippen molar-refractivity contribution in [1.82, 2.24) is 0 Å². The Hall–Kier alpha value is -0.530. The molecule has 1 nitrogen and oxygen atoms in total. The van der Waals surface area contributed by atoms with Crippen LogP contribution in [0.25, 0.3) is 0 Å². The van der Waals surface area contributed by atoms with Gasteiger partial charge in [0.1, 0.15) is 6.42 Å². The minimum absolute atomic E-state index is 2.43. The molecule has 0 unspecified atom stereocenters. The van der Waals surface area contributed by atoms with Crippen molar-refractivity contribution in [2.24, 2.45) is 0 Å². The van der Waals surface area contributed by atoms with E-state index in [1.807, 2.05) is 0 Å². The van der Waals surface area contributed by atoms with E-state index in [-0.39, 0.29) is 0 Å². The fourth-order valence-corrected chi connectivity index (χ4v) is 0.405. The minimum Gasteiger partial charge on any atom is -0.258 e. The van der Waals surface area contributed by atoms with Gasteiger partial charge >= 0.3 is 18.9 Å². The Labute approximate surface area is 62.1 Å². The van der Waals surface area contributed by atoms with Gasteiger partial charge in [-0.25, -0.2) is 0 Å². The van der Waals surface area contributed by atoms with Crippen LogP contribution in [-0.4, -0.2) is 18.9 Å². The number of hydrogen-bond acceptors (Lipinski definition) is 1. The first kappa shape index (κ1) is 11.5. The second-order valence-corrected chi connectivity index (χ2v) is 1.81. The monoisotopic (exact) mass is 200 g/mol. The van der Waals surface area contributed by atoms with E-state index >= 15 is 0 Å². The summed E-state index contributed by atoms with van der Waals surface area (Å²) in [5, 5.41) is 0. The van der Waals surface area contributed by atoms with Gasteiger partial charge in [-0.2, -0.15) is 30.7 Å². The van der Waals surface area contributed by atoms with Gasteiger partial charge in [0.05, 0.1) is 0 Å². The van der Waals surface area contributed by atoms with Crippen molar-refractivity contribution in [2.45, 2.75) is 25.3 Å². The van der Waals surface area contributed by atoms with Crippen LogP contribution in [0.4, 0.5) is 30.7 Å². The van der Waals surface area contributed by atoms with E-state index in [0.717, 1.165) is 0 Å². The minimum atomic E-state index is -5.24. The van der Waals surface area contributed by atoms with Crippen LogP contribution in [0.5, 0.6) is 0 Å². The standard InChI is InChI=1S/C4H3F7O/c5-2(6)12-4(10,11)1-3(7,8)9/h2H,1H2. The summed E-state index contributed by atoms with van der Waals surface area (Å²) < 4.78 is 81.6. The lowest BCUT2D eigenvalue weighted by molar-refractivity contribution is -0.347. The lowest BCUT2D eigenvalue weighted by Crippen LogP contribution is -2.30. The SMILES string of the molecule is FC(F)OC(F)(F)CC(F)(F)F. The van der Waals surface area contributed by atoms with E-state index in [2.05, 4.69) is 4.74 Å². The van der Waals surface area contributed by atoms with E-state index < -0.39 is 25.3 Å². The molecule has 0 amide bonds. The first-order valence-electron chi connectivity index (χ1n) is 2.53. The third kappa shape index (κ3) is 6.20. The van der Waals surface area contributed by atoms with Gasteiger partial charge in [0, 0.05) is 0 Å². The third-order valence-corrected chi connectivity index (χ3v) is 0.668. The lowest BCUT2D eigenvalue weighted by Gasteiger charge is -2.17. The molecule has 12 heavy (non-hydrogen) atoms. The van der Waals surface area contributed by atoms with E-state index in [1.54, 1.807) is 0 Å². The summed E-state index contributed by atoms with van der Waals surface area (Å²) in [6.07, 6.45) is -12.8. The highest BCUT2D eigenvalue weighted by Gasteiger charge is 2.46. The Bertz CT molecular complexity index is 139. The van der Waals surface area contributed by atoms with Crippen LogP contribution in [0.3, 0.4) is 0 Å². The molecule has 0 saturated carbocycles. The van der Waals surface area contributed by atoms with Crippen LogP contribution in [0.2, 0.25) is 0 Å². The summed E-state index contributed by atoms with van der Waals surface area (Å²) in [5.74, 6) is 0. The van der Waals surface area contributed by atoms with Crippen molar-refractivity contribution in [3.63, 3.8) is 0 Å². The molecule has 0 saturated heterocycles. The molecule has 0 aromatic heterocycles. The first-order chi connectivity index (χ1) is 5.12. The highest BCUT2D eigenvalue weighted by Crippen LogP contribution is 2.33. The molecule has 0 fully saturated rings. The summed E-state index contributed by atoms with van der Waals surface area (Å²) in [7, 11) is 0. The number of alkyl halides is 7. The van der Waals surface area contributed by atoms with Crippen molar-refractivity contribution in [3.8, 4) is 0 Å². The summed E-state index contributed by atoms with van der Waals surface area (Å²) in [4.78, 5) is 0. The Morgan fingerprint density at radius 3 is 1.67 bits per heavy atom. The molecule has 0 aliphatic carbocycles. The summed E-state index contributed by atoms with van der Waals surface area (Å²) >= 11 is 0. The smallest absolute Gasteiger partial charge is 0.258 e. The Kier molecular flexibility index (Phi) is 3.31. The molecule has 0 heterocycles. The van der Waals surface area contributed by atoms with E-state index in [4.69, 9.17) is 0 Å². The van der Waals surface area contributed by atoms with Crippen LogP contribution in [-0.2, 0) is 4.74 Å². The average molecular weight is 200 g/mol. The molecule has 0 N–H and O–H groups in total. The molecule has 0 radical (unpaired) electrons. The fourth-order valence-electron chi connectivity index (χ4n) is 0.405. The van der Waals surface area contributed by atoms with E-state index in [1.165, 1.54) is 0 Å². The number of hydrogen-bond donors (Lipinski definition) is 0. The highest BCUT2D eigenvalue weighted by molar-refractivity contribution is 4.60. The molecule has 0 spiro atoms.